The Hall–Kier alpha value is -3.40. The summed E-state index contributed by atoms with van der Waals surface area (Å²) >= 11 is 0. The summed E-state index contributed by atoms with van der Waals surface area (Å²) in [5, 5.41) is 3.08. The zero-order valence-electron chi connectivity index (χ0n) is 22.0. The number of aryl methyl sites for hydroxylation is 1. The SMILES string of the molecule is CCCCNC(=O)[C@@H](Cc1ccccc1)N(Cc1ccccc1)C(=O)CCc1ccc(C(C)C)cc1. The Balaban J connectivity index is 1.83. The first-order valence-corrected chi connectivity index (χ1v) is 13.2. The Morgan fingerprint density at radius 2 is 1.42 bits per heavy atom. The van der Waals surface area contributed by atoms with Crippen LogP contribution in [0.2, 0.25) is 0 Å². The van der Waals surface area contributed by atoms with Gasteiger partial charge >= 0.3 is 0 Å². The largest absolute Gasteiger partial charge is 0.354 e. The first kappa shape index (κ1) is 27.2. The van der Waals surface area contributed by atoms with Crippen molar-refractivity contribution in [2.75, 3.05) is 6.54 Å². The Morgan fingerprint density at radius 3 is 2.00 bits per heavy atom. The van der Waals surface area contributed by atoms with Crippen molar-refractivity contribution in [2.24, 2.45) is 0 Å². The Labute approximate surface area is 216 Å². The van der Waals surface area contributed by atoms with E-state index in [0.29, 0.717) is 38.3 Å². The third-order valence-electron chi connectivity index (χ3n) is 6.57. The van der Waals surface area contributed by atoms with E-state index in [2.05, 4.69) is 50.4 Å². The second-order valence-corrected chi connectivity index (χ2v) is 9.75. The topological polar surface area (TPSA) is 49.4 Å². The summed E-state index contributed by atoms with van der Waals surface area (Å²) in [6.07, 6.45) is 3.43. The Bertz CT molecular complexity index is 1060. The lowest BCUT2D eigenvalue weighted by atomic mass is 9.99. The molecule has 4 nitrogen and oxygen atoms in total. The highest BCUT2D eigenvalue weighted by Gasteiger charge is 2.30. The van der Waals surface area contributed by atoms with Crippen LogP contribution in [0.1, 0.15) is 68.2 Å². The second kappa shape index (κ2) is 14.2. The van der Waals surface area contributed by atoms with E-state index in [1.165, 1.54) is 5.56 Å². The molecule has 0 aliphatic heterocycles. The van der Waals surface area contributed by atoms with Gasteiger partial charge in [-0.2, -0.15) is 0 Å². The number of unbranched alkanes of at least 4 members (excludes halogenated alkanes) is 1. The molecule has 0 saturated heterocycles. The van der Waals surface area contributed by atoms with Crippen molar-refractivity contribution in [3.8, 4) is 0 Å². The molecule has 1 atom stereocenters. The molecule has 190 valence electrons. The number of nitrogens with one attached hydrogen (secondary N) is 1. The van der Waals surface area contributed by atoms with Gasteiger partial charge < -0.3 is 10.2 Å². The van der Waals surface area contributed by atoms with Gasteiger partial charge in [0.25, 0.3) is 0 Å². The molecule has 1 N–H and O–H groups in total. The molecule has 4 heteroatoms. The molecule has 3 aromatic carbocycles. The van der Waals surface area contributed by atoms with Gasteiger partial charge in [-0.05, 0) is 41.0 Å². The fraction of sp³-hybridized carbons (Fsp3) is 0.375. The van der Waals surface area contributed by atoms with Gasteiger partial charge in [0.05, 0.1) is 0 Å². The average Bonchev–Trinajstić information content (AvgIpc) is 2.90. The predicted molar refractivity (Wildman–Crippen MR) is 148 cm³/mol. The highest BCUT2D eigenvalue weighted by Crippen LogP contribution is 2.19. The number of hydrogen-bond acceptors (Lipinski definition) is 2. The van der Waals surface area contributed by atoms with Gasteiger partial charge in [-0.3, -0.25) is 9.59 Å². The van der Waals surface area contributed by atoms with Crippen molar-refractivity contribution in [1.82, 2.24) is 10.2 Å². The molecular weight excluding hydrogens is 444 g/mol. The van der Waals surface area contributed by atoms with Crippen molar-refractivity contribution >= 4 is 11.8 Å². The molecule has 0 radical (unpaired) electrons. The molecule has 0 aliphatic rings. The van der Waals surface area contributed by atoms with Crippen LogP contribution in [0.15, 0.2) is 84.9 Å². The van der Waals surface area contributed by atoms with E-state index in [1.807, 2.05) is 60.7 Å². The van der Waals surface area contributed by atoms with E-state index in [-0.39, 0.29) is 11.8 Å². The standard InChI is InChI=1S/C32H40N2O2/c1-4-5-22-33-32(36)30(23-27-12-8-6-9-13-27)34(24-28-14-10-7-11-15-28)31(35)21-18-26-16-19-29(20-17-26)25(2)3/h6-17,19-20,25,30H,4-5,18,21-24H2,1-3H3,(H,33,36)/t30-/m1/s1. The molecule has 0 aliphatic carbocycles. The van der Waals surface area contributed by atoms with E-state index in [1.54, 1.807) is 4.90 Å². The zero-order chi connectivity index (χ0) is 25.8. The normalized spacial score (nSPS) is 11.8. The average molecular weight is 485 g/mol. The Kier molecular flexibility index (Phi) is 10.7. The maximum absolute atomic E-state index is 13.7. The molecule has 0 fully saturated rings. The zero-order valence-corrected chi connectivity index (χ0v) is 22.0. The lowest BCUT2D eigenvalue weighted by molar-refractivity contribution is -0.141. The van der Waals surface area contributed by atoms with Crippen LogP contribution in [0.4, 0.5) is 0 Å². The van der Waals surface area contributed by atoms with Gasteiger partial charge in [0.1, 0.15) is 6.04 Å². The van der Waals surface area contributed by atoms with Crippen LogP contribution in [0.3, 0.4) is 0 Å². The molecule has 2 amide bonds. The molecule has 0 unspecified atom stereocenters. The smallest absolute Gasteiger partial charge is 0.243 e. The first-order valence-electron chi connectivity index (χ1n) is 13.2. The van der Waals surface area contributed by atoms with Crippen LogP contribution in [0, 0.1) is 0 Å². The summed E-state index contributed by atoms with van der Waals surface area (Å²) in [6, 6.07) is 27.9. The molecular formula is C32H40N2O2. The third kappa shape index (κ3) is 8.37. The van der Waals surface area contributed by atoms with Crippen LogP contribution >= 0.6 is 0 Å². The molecule has 3 aromatic rings. The molecule has 3 rings (SSSR count). The van der Waals surface area contributed by atoms with Crippen LogP contribution < -0.4 is 5.32 Å². The number of amides is 2. The van der Waals surface area contributed by atoms with E-state index in [4.69, 9.17) is 0 Å². The number of carbonyl (C=O) groups is 2. The third-order valence-corrected chi connectivity index (χ3v) is 6.57. The van der Waals surface area contributed by atoms with E-state index in [0.717, 1.165) is 29.5 Å². The number of carbonyl (C=O) groups excluding carboxylic acids is 2. The van der Waals surface area contributed by atoms with Gasteiger partial charge in [0.15, 0.2) is 0 Å². The van der Waals surface area contributed by atoms with Gasteiger partial charge in [-0.25, -0.2) is 0 Å². The molecule has 0 heterocycles. The predicted octanol–water partition coefficient (Wildman–Crippen LogP) is 6.30. The second-order valence-electron chi connectivity index (χ2n) is 9.75. The van der Waals surface area contributed by atoms with Gasteiger partial charge in [-0.15, -0.1) is 0 Å². The number of nitrogens with zero attached hydrogens (tertiary/aromatic N) is 1. The fourth-order valence-corrected chi connectivity index (χ4v) is 4.30. The van der Waals surface area contributed by atoms with E-state index >= 15 is 0 Å². The van der Waals surface area contributed by atoms with Crippen LogP contribution in [-0.4, -0.2) is 29.3 Å². The van der Waals surface area contributed by atoms with Crippen LogP contribution in [0.25, 0.3) is 0 Å². The summed E-state index contributed by atoms with van der Waals surface area (Å²) in [4.78, 5) is 28.9. The van der Waals surface area contributed by atoms with E-state index in [9.17, 15) is 9.59 Å². The minimum Gasteiger partial charge on any atom is -0.354 e. The Morgan fingerprint density at radius 1 is 0.806 bits per heavy atom. The highest BCUT2D eigenvalue weighted by molar-refractivity contribution is 5.88. The highest BCUT2D eigenvalue weighted by atomic mass is 16.2. The number of rotatable bonds is 13. The number of hydrogen-bond donors (Lipinski definition) is 1. The quantitative estimate of drug-likeness (QED) is 0.290. The van der Waals surface area contributed by atoms with Crippen LogP contribution in [-0.2, 0) is 29.0 Å². The maximum atomic E-state index is 13.7. The van der Waals surface area contributed by atoms with Crippen molar-refractivity contribution < 1.29 is 9.59 Å². The van der Waals surface area contributed by atoms with E-state index < -0.39 is 6.04 Å². The van der Waals surface area contributed by atoms with Gasteiger partial charge in [0, 0.05) is 25.9 Å². The van der Waals surface area contributed by atoms with Crippen molar-refractivity contribution in [3.05, 3.63) is 107 Å². The molecule has 0 aromatic heterocycles. The summed E-state index contributed by atoms with van der Waals surface area (Å²) < 4.78 is 0. The van der Waals surface area contributed by atoms with Crippen LogP contribution in [0.5, 0.6) is 0 Å². The minimum atomic E-state index is -0.569. The molecule has 36 heavy (non-hydrogen) atoms. The molecule has 0 bridgehead atoms. The fourth-order valence-electron chi connectivity index (χ4n) is 4.30. The monoisotopic (exact) mass is 484 g/mol. The summed E-state index contributed by atoms with van der Waals surface area (Å²) in [5.41, 5.74) is 4.50. The summed E-state index contributed by atoms with van der Waals surface area (Å²) in [7, 11) is 0. The summed E-state index contributed by atoms with van der Waals surface area (Å²) in [5.74, 6) is 0.392. The molecule has 0 spiro atoms. The molecule has 0 saturated carbocycles. The number of benzene rings is 3. The minimum absolute atomic E-state index is 0.00152. The van der Waals surface area contributed by atoms with Gasteiger partial charge in [-0.1, -0.05) is 112 Å². The lowest BCUT2D eigenvalue weighted by Crippen LogP contribution is -2.50. The lowest BCUT2D eigenvalue weighted by Gasteiger charge is -2.31. The summed E-state index contributed by atoms with van der Waals surface area (Å²) in [6.45, 7) is 7.49. The van der Waals surface area contributed by atoms with Gasteiger partial charge in [0.2, 0.25) is 11.8 Å². The van der Waals surface area contributed by atoms with Crippen molar-refractivity contribution in [2.45, 2.75) is 71.4 Å². The maximum Gasteiger partial charge on any atom is 0.243 e. The first-order chi connectivity index (χ1) is 17.5. The van der Waals surface area contributed by atoms with Crippen molar-refractivity contribution in [1.29, 1.82) is 0 Å². The van der Waals surface area contributed by atoms with Crippen molar-refractivity contribution in [3.63, 3.8) is 0 Å².